The fourth-order valence-corrected chi connectivity index (χ4v) is 2.33. The Morgan fingerprint density at radius 2 is 2.21 bits per heavy atom. The maximum Gasteiger partial charge on any atom is 0.276 e. The van der Waals surface area contributed by atoms with Gasteiger partial charge in [-0.25, -0.2) is 9.97 Å². The zero-order valence-electron chi connectivity index (χ0n) is 10.4. The van der Waals surface area contributed by atoms with Crippen molar-refractivity contribution in [1.29, 1.82) is 0 Å². The molecule has 0 bridgehead atoms. The van der Waals surface area contributed by atoms with Crippen LogP contribution in [0.4, 0.5) is 5.69 Å². The maximum atomic E-state index is 10.9. The van der Waals surface area contributed by atoms with E-state index in [1.165, 1.54) is 24.0 Å². The average molecular weight is 280 g/mol. The number of hydrogen-bond donors (Lipinski definition) is 1. The van der Waals surface area contributed by atoms with E-state index in [-0.39, 0.29) is 12.3 Å². The van der Waals surface area contributed by atoms with Crippen LogP contribution in [0.5, 0.6) is 0 Å². The Labute approximate surface area is 113 Å². The lowest BCUT2D eigenvalue weighted by Crippen LogP contribution is -1.98. The minimum atomic E-state index is -0.432. The second-order valence-corrected chi connectivity index (χ2v) is 4.90. The molecule has 0 aromatic carbocycles. The summed E-state index contributed by atoms with van der Waals surface area (Å²) in [6.45, 7) is 1.54. The lowest BCUT2D eigenvalue weighted by molar-refractivity contribution is -0.385. The largest absolute Gasteiger partial charge is 0.390 e. The molecule has 8 heteroatoms. The van der Waals surface area contributed by atoms with E-state index in [1.54, 1.807) is 24.7 Å². The van der Waals surface area contributed by atoms with E-state index >= 15 is 0 Å². The van der Waals surface area contributed by atoms with Gasteiger partial charge in [-0.2, -0.15) is 0 Å². The van der Waals surface area contributed by atoms with Crippen molar-refractivity contribution in [2.75, 3.05) is 0 Å². The van der Waals surface area contributed by atoms with Gasteiger partial charge in [0.25, 0.3) is 5.69 Å². The molecule has 0 fully saturated rings. The van der Waals surface area contributed by atoms with Gasteiger partial charge >= 0.3 is 0 Å². The van der Waals surface area contributed by atoms with Crippen molar-refractivity contribution in [3.63, 3.8) is 0 Å². The first-order chi connectivity index (χ1) is 9.02. The van der Waals surface area contributed by atoms with Crippen molar-refractivity contribution >= 4 is 17.4 Å². The zero-order valence-corrected chi connectivity index (χ0v) is 11.2. The van der Waals surface area contributed by atoms with Crippen LogP contribution in [0, 0.1) is 17.0 Å². The van der Waals surface area contributed by atoms with Gasteiger partial charge in [-0.1, -0.05) is 0 Å². The third-order valence-electron chi connectivity index (χ3n) is 2.65. The van der Waals surface area contributed by atoms with Crippen LogP contribution in [0.3, 0.4) is 0 Å². The van der Waals surface area contributed by atoms with Crippen molar-refractivity contribution < 1.29 is 10.0 Å². The minimum absolute atomic E-state index is 0.0362. The van der Waals surface area contributed by atoms with Gasteiger partial charge in [0, 0.05) is 24.9 Å². The molecule has 2 aromatic rings. The number of hydrogen-bond acceptors (Lipinski definition) is 6. The van der Waals surface area contributed by atoms with Crippen LogP contribution in [-0.4, -0.2) is 24.6 Å². The number of aliphatic hydroxyl groups is 1. The van der Waals surface area contributed by atoms with Gasteiger partial charge in [-0.3, -0.25) is 10.1 Å². The number of pyridine rings is 1. The van der Waals surface area contributed by atoms with Crippen LogP contribution in [0.2, 0.25) is 0 Å². The molecule has 0 radical (unpaired) electrons. The number of aliphatic hydroxyl groups excluding tert-OH is 1. The molecule has 2 heterocycles. The number of imidazole rings is 1. The van der Waals surface area contributed by atoms with E-state index in [0.717, 1.165) is 0 Å². The Morgan fingerprint density at radius 1 is 1.47 bits per heavy atom. The highest BCUT2D eigenvalue weighted by molar-refractivity contribution is 7.99. The molecule has 0 aliphatic heterocycles. The summed E-state index contributed by atoms with van der Waals surface area (Å²) < 4.78 is 1.72. The van der Waals surface area contributed by atoms with E-state index in [4.69, 9.17) is 5.11 Å². The standard InChI is InChI=1S/C11H12N4O3S/c1-7-4-12-10(3-9(7)15(17)18)19-11-13-5-8(6-16)14(11)2/h3-5,16H,6H2,1-2H3. The summed E-state index contributed by atoms with van der Waals surface area (Å²) in [5.41, 5.74) is 1.23. The molecule has 0 aliphatic rings. The Balaban J connectivity index is 2.30. The lowest BCUT2D eigenvalue weighted by Gasteiger charge is -2.04. The fourth-order valence-electron chi connectivity index (χ4n) is 1.51. The summed E-state index contributed by atoms with van der Waals surface area (Å²) in [4.78, 5) is 18.7. The molecule has 0 aliphatic carbocycles. The molecule has 0 amide bonds. The molecule has 0 unspecified atom stereocenters. The first-order valence-electron chi connectivity index (χ1n) is 5.43. The quantitative estimate of drug-likeness (QED) is 0.676. The Hall–Kier alpha value is -1.93. The molecule has 19 heavy (non-hydrogen) atoms. The Morgan fingerprint density at radius 3 is 2.79 bits per heavy atom. The summed E-state index contributed by atoms with van der Waals surface area (Å²) >= 11 is 1.22. The van der Waals surface area contributed by atoms with Crippen LogP contribution in [-0.2, 0) is 13.7 Å². The van der Waals surface area contributed by atoms with Crippen LogP contribution in [0.1, 0.15) is 11.3 Å². The molecule has 0 atom stereocenters. The van der Waals surface area contributed by atoms with Crippen molar-refractivity contribution in [3.05, 3.63) is 39.8 Å². The molecule has 100 valence electrons. The van der Waals surface area contributed by atoms with Gasteiger partial charge in [0.2, 0.25) is 0 Å². The fraction of sp³-hybridized carbons (Fsp3) is 0.273. The number of aryl methyl sites for hydroxylation is 1. The van der Waals surface area contributed by atoms with Crippen LogP contribution in [0.15, 0.2) is 28.6 Å². The van der Waals surface area contributed by atoms with Crippen LogP contribution < -0.4 is 0 Å². The van der Waals surface area contributed by atoms with Gasteiger partial charge in [0.05, 0.1) is 23.4 Å². The molecule has 0 spiro atoms. The molecule has 2 rings (SSSR count). The highest BCUT2D eigenvalue weighted by atomic mass is 32.2. The minimum Gasteiger partial charge on any atom is -0.390 e. The number of nitro groups is 1. The van der Waals surface area contributed by atoms with Gasteiger partial charge in [-0.05, 0) is 18.7 Å². The normalized spacial score (nSPS) is 10.7. The van der Waals surface area contributed by atoms with Gasteiger partial charge in [-0.15, -0.1) is 0 Å². The summed E-state index contributed by atoms with van der Waals surface area (Å²) in [6.07, 6.45) is 3.03. The van der Waals surface area contributed by atoms with Crippen molar-refractivity contribution in [2.45, 2.75) is 23.7 Å². The van der Waals surface area contributed by atoms with Crippen molar-refractivity contribution in [3.8, 4) is 0 Å². The molecular weight excluding hydrogens is 268 g/mol. The maximum absolute atomic E-state index is 10.9. The summed E-state index contributed by atoms with van der Waals surface area (Å²) in [5, 5.41) is 21.1. The molecule has 2 aromatic heterocycles. The number of nitrogens with zero attached hydrogens (tertiary/aromatic N) is 4. The van der Waals surface area contributed by atoms with Crippen LogP contribution >= 0.6 is 11.8 Å². The van der Waals surface area contributed by atoms with Gasteiger partial charge in [0.15, 0.2) is 5.16 Å². The van der Waals surface area contributed by atoms with Gasteiger partial charge in [0.1, 0.15) is 5.03 Å². The van der Waals surface area contributed by atoms with Crippen molar-refractivity contribution in [2.24, 2.45) is 7.05 Å². The SMILES string of the molecule is Cc1cnc(Sc2ncc(CO)n2C)cc1[N+](=O)[O-]. The highest BCUT2D eigenvalue weighted by Crippen LogP contribution is 2.29. The Bertz CT molecular complexity index is 626. The topological polar surface area (TPSA) is 94.1 Å². The van der Waals surface area contributed by atoms with E-state index in [0.29, 0.717) is 21.4 Å². The van der Waals surface area contributed by atoms with Crippen molar-refractivity contribution in [1.82, 2.24) is 14.5 Å². The zero-order chi connectivity index (χ0) is 14.0. The van der Waals surface area contributed by atoms with Crippen LogP contribution in [0.25, 0.3) is 0 Å². The summed E-state index contributed by atoms with van der Waals surface area (Å²) in [7, 11) is 1.77. The van der Waals surface area contributed by atoms with E-state index in [9.17, 15) is 10.1 Å². The monoisotopic (exact) mass is 280 g/mol. The third kappa shape index (κ3) is 2.74. The molecule has 7 nitrogen and oxygen atoms in total. The molecule has 1 N–H and O–H groups in total. The predicted molar refractivity (Wildman–Crippen MR) is 68.9 cm³/mol. The summed E-state index contributed by atoms with van der Waals surface area (Å²) in [5.74, 6) is 0. The van der Waals surface area contributed by atoms with E-state index in [2.05, 4.69) is 9.97 Å². The van der Waals surface area contributed by atoms with Gasteiger partial charge < -0.3 is 9.67 Å². The lowest BCUT2D eigenvalue weighted by atomic mass is 10.3. The molecular formula is C11H12N4O3S. The average Bonchev–Trinajstić information content (AvgIpc) is 2.72. The first-order valence-corrected chi connectivity index (χ1v) is 6.25. The van der Waals surface area contributed by atoms with E-state index < -0.39 is 4.92 Å². The predicted octanol–water partition coefficient (Wildman–Crippen LogP) is 1.68. The summed E-state index contributed by atoms with van der Waals surface area (Å²) in [6, 6.07) is 1.42. The third-order valence-corrected chi connectivity index (χ3v) is 3.64. The van der Waals surface area contributed by atoms with E-state index in [1.807, 2.05) is 0 Å². The number of rotatable bonds is 4. The molecule has 0 saturated carbocycles. The second kappa shape index (κ2) is 5.37. The number of aromatic nitrogens is 3. The smallest absolute Gasteiger partial charge is 0.276 e. The highest BCUT2D eigenvalue weighted by Gasteiger charge is 2.14. The molecule has 0 saturated heterocycles. The Kier molecular flexibility index (Phi) is 3.82. The first kappa shape index (κ1) is 13.5. The second-order valence-electron chi connectivity index (χ2n) is 3.92.